The molecule has 2 fully saturated rings. The molecule has 1 unspecified atom stereocenters. The van der Waals surface area contributed by atoms with Gasteiger partial charge >= 0.3 is 5.97 Å². The highest BCUT2D eigenvalue weighted by atomic mass is 16.5. The fraction of sp³-hybridized carbons (Fsp3) is 0.900. The Morgan fingerprint density at radius 3 is 2.67 bits per heavy atom. The number of hydrogen-bond acceptors (Lipinski definition) is 5. The van der Waals surface area contributed by atoms with Gasteiger partial charge in [0.1, 0.15) is 11.0 Å². The van der Waals surface area contributed by atoms with Gasteiger partial charge in [-0.1, -0.05) is 0 Å². The maximum absolute atomic E-state index is 11.7. The van der Waals surface area contributed by atoms with Crippen LogP contribution in [0.5, 0.6) is 0 Å². The minimum Gasteiger partial charge on any atom is -0.468 e. The SMILES string of the molecule is COC(=O)C1(C2(O)CCCOC2)CNC1. The first-order valence-corrected chi connectivity index (χ1v) is 5.24. The predicted molar refractivity (Wildman–Crippen MR) is 52.3 cm³/mol. The second kappa shape index (κ2) is 3.73. The summed E-state index contributed by atoms with van der Waals surface area (Å²) < 4.78 is 10.1. The van der Waals surface area contributed by atoms with Crippen LogP contribution >= 0.6 is 0 Å². The predicted octanol–water partition coefficient (Wildman–Crippen LogP) is -0.709. The minimum atomic E-state index is -1.07. The van der Waals surface area contributed by atoms with E-state index >= 15 is 0 Å². The summed E-state index contributed by atoms with van der Waals surface area (Å²) >= 11 is 0. The van der Waals surface area contributed by atoms with Gasteiger partial charge in [-0.25, -0.2) is 0 Å². The van der Waals surface area contributed by atoms with E-state index in [2.05, 4.69) is 5.32 Å². The van der Waals surface area contributed by atoms with Crippen LogP contribution in [0.25, 0.3) is 0 Å². The van der Waals surface area contributed by atoms with Crippen LogP contribution in [0.15, 0.2) is 0 Å². The van der Waals surface area contributed by atoms with Crippen LogP contribution in [0, 0.1) is 5.41 Å². The Morgan fingerprint density at radius 2 is 2.27 bits per heavy atom. The van der Waals surface area contributed by atoms with Crippen molar-refractivity contribution in [2.45, 2.75) is 18.4 Å². The number of methoxy groups -OCH3 is 1. The van der Waals surface area contributed by atoms with Crippen molar-refractivity contribution in [3.05, 3.63) is 0 Å². The lowest BCUT2D eigenvalue weighted by molar-refractivity contribution is -0.204. The molecule has 2 aliphatic rings. The van der Waals surface area contributed by atoms with E-state index in [4.69, 9.17) is 9.47 Å². The van der Waals surface area contributed by atoms with Gasteiger partial charge in [-0.3, -0.25) is 4.79 Å². The standard InChI is InChI=1S/C10H17NO4/c1-14-8(12)9(5-11-6-9)10(13)3-2-4-15-7-10/h11,13H,2-7H2,1H3. The Balaban J connectivity index is 2.20. The molecule has 0 spiro atoms. The van der Waals surface area contributed by atoms with E-state index in [0.717, 1.165) is 6.42 Å². The zero-order chi connectivity index (χ0) is 10.9. The van der Waals surface area contributed by atoms with E-state index < -0.39 is 11.0 Å². The molecule has 15 heavy (non-hydrogen) atoms. The summed E-state index contributed by atoms with van der Waals surface area (Å²) in [5.74, 6) is -0.339. The number of aliphatic hydroxyl groups is 1. The van der Waals surface area contributed by atoms with Crippen molar-refractivity contribution < 1.29 is 19.4 Å². The molecule has 2 heterocycles. The van der Waals surface area contributed by atoms with Crippen LogP contribution in [0.2, 0.25) is 0 Å². The van der Waals surface area contributed by atoms with Crippen molar-refractivity contribution in [1.29, 1.82) is 0 Å². The summed E-state index contributed by atoms with van der Waals surface area (Å²) in [4.78, 5) is 11.7. The van der Waals surface area contributed by atoms with Gasteiger partial charge in [-0.15, -0.1) is 0 Å². The lowest BCUT2D eigenvalue weighted by Gasteiger charge is -2.52. The van der Waals surface area contributed by atoms with Gasteiger partial charge in [0.25, 0.3) is 0 Å². The molecule has 0 aromatic heterocycles. The van der Waals surface area contributed by atoms with Crippen molar-refractivity contribution in [2.24, 2.45) is 5.41 Å². The number of carbonyl (C=O) groups excluding carboxylic acids is 1. The van der Waals surface area contributed by atoms with Gasteiger partial charge in [-0.05, 0) is 12.8 Å². The monoisotopic (exact) mass is 215 g/mol. The zero-order valence-electron chi connectivity index (χ0n) is 8.91. The third kappa shape index (κ3) is 1.46. The van der Waals surface area contributed by atoms with Crippen molar-refractivity contribution >= 4 is 5.97 Å². The molecule has 86 valence electrons. The van der Waals surface area contributed by atoms with Crippen LogP contribution in [0.1, 0.15) is 12.8 Å². The van der Waals surface area contributed by atoms with Crippen LogP contribution < -0.4 is 5.32 Å². The third-order valence-electron chi connectivity index (χ3n) is 3.54. The number of nitrogens with one attached hydrogen (secondary N) is 1. The van der Waals surface area contributed by atoms with Crippen LogP contribution in [-0.4, -0.2) is 50.1 Å². The maximum Gasteiger partial charge on any atom is 0.317 e. The molecule has 0 aromatic rings. The number of carbonyl (C=O) groups is 1. The maximum atomic E-state index is 11.7. The summed E-state index contributed by atoms with van der Waals surface area (Å²) in [7, 11) is 1.36. The van der Waals surface area contributed by atoms with E-state index in [1.807, 2.05) is 0 Å². The van der Waals surface area contributed by atoms with Crippen LogP contribution in [-0.2, 0) is 14.3 Å². The van der Waals surface area contributed by atoms with E-state index in [1.54, 1.807) is 0 Å². The highest BCUT2D eigenvalue weighted by Gasteiger charge is 2.60. The molecule has 0 aliphatic carbocycles. The molecular formula is C10H17NO4. The van der Waals surface area contributed by atoms with Gasteiger partial charge in [-0.2, -0.15) is 0 Å². The minimum absolute atomic E-state index is 0.226. The summed E-state index contributed by atoms with van der Waals surface area (Å²) in [6.07, 6.45) is 1.39. The molecule has 5 heteroatoms. The molecule has 2 rings (SSSR count). The first-order valence-electron chi connectivity index (χ1n) is 5.24. The third-order valence-corrected chi connectivity index (χ3v) is 3.54. The molecule has 2 saturated heterocycles. The Bertz CT molecular complexity index is 256. The van der Waals surface area contributed by atoms with Crippen molar-refractivity contribution in [3.8, 4) is 0 Å². The summed E-state index contributed by atoms with van der Waals surface area (Å²) in [5.41, 5.74) is -1.87. The first kappa shape index (κ1) is 10.9. The summed E-state index contributed by atoms with van der Waals surface area (Å²) in [6, 6.07) is 0. The molecule has 2 N–H and O–H groups in total. The molecule has 0 saturated carbocycles. The number of esters is 1. The number of ether oxygens (including phenoxy) is 2. The molecule has 0 radical (unpaired) electrons. The van der Waals surface area contributed by atoms with E-state index in [0.29, 0.717) is 26.1 Å². The van der Waals surface area contributed by atoms with Crippen LogP contribution in [0.3, 0.4) is 0 Å². The number of hydrogen-bond donors (Lipinski definition) is 2. The number of rotatable bonds is 2. The summed E-state index contributed by atoms with van der Waals surface area (Å²) in [6.45, 7) is 1.83. The first-order chi connectivity index (χ1) is 7.15. The molecule has 0 aromatic carbocycles. The Labute approximate surface area is 88.7 Å². The second-order valence-electron chi connectivity index (χ2n) is 4.36. The quantitative estimate of drug-likeness (QED) is 0.596. The smallest absolute Gasteiger partial charge is 0.317 e. The highest BCUT2D eigenvalue weighted by Crippen LogP contribution is 2.41. The lowest BCUT2D eigenvalue weighted by Crippen LogP contribution is -2.72. The largest absolute Gasteiger partial charge is 0.468 e. The van der Waals surface area contributed by atoms with Gasteiger partial charge in [0.15, 0.2) is 0 Å². The molecule has 5 nitrogen and oxygen atoms in total. The second-order valence-corrected chi connectivity index (χ2v) is 4.36. The molecule has 0 bridgehead atoms. The average Bonchev–Trinajstić information content (AvgIpc) is 2.16. The molecule has 0 amide bonds. The molecule has 1 atom stereocenters. The van der Waals surface area contributed by atoms with E-state index in [9.17, 15) is 9.90 Å². The van der Waals surface area contributed by atoms with Gasteiger partial charge in [0.2, 0.25) is 0 Å². The van der Waals surface area contributed by atoms with Crippen molar-refractivity contribution in [2.75, 3.05) is 33.4 Å². The van der Waals surface area contributed by atoms with E-state index in [1.165, 1.54) is 7.11 Å². The van der Waals surface area contributed by atoms with Crippen molar-refractivity contribution in [3.63, 3.8) is 0 Å². The summed E-state index contributed by atoms with van der Waals surface area (Å²) in [5, 5.41) is 13.5. The average molecular weight is 215 g/mol. The lowest BCUT2D eigenvalue weighted by atomic mass is 9.65. The van der Waals surface area contributed by atoms with Crippen molar-refractivity contribution in [1.82, 2.24) is 5.32 Å². The van der Waals surface area contributed by atoms with Crippen LogP contribution in [0.4, 0.5) is 0 Å². The zero-order valence-corrected chi connectivity index (χ0v) is 8.91. The molecular weight excluding hydrogens is 198 g/mol. The fourth-order valence-corrected chi connectivity index (χ4v) is 2.39. The van der Waals surface area contributed by atoms with Gasteiger partial charge < -0.3 is 19.9 Å². The Morgan fingerprint density at radius 1 is 1.53 bits per heavy atom. The topological polar surface area (TPSA) is 67.8 Å². The fourth-order valence-electron chi connectivity index (χ4n) is 2.39. The van der Waals surface area contributed by atoms with Gasteiger partial charge in [0.05, 0.1) is 13.7 Å². The normalized spacial score (nSPS) is 34.3. The highest BCUT2D eigenvalue weighted by molar-refractivity contribution is 5.80. The Hall–Kier alpha value is -0.650. The molecule has 2 aliphatic heterocycles. The Kier molecular flexibility index (Phi) is 2.70. The van der Waals surface area contributed by atoms with E-state index in [-0.39, 0.29) is 12.6 Å². The van der Waals surface area contributed by atoms with Gasteiger partial charge in [0, 0.05) is 19.7 Å².